The Kier molecular flexibility index (Phi) is 4.66. The van der Waals surface area contributed by atoms with Crippen LogP contribution in [0.5, 0.6) is 0 Å². The van der Waals surface area contributed by atoms with Crippen molar-refractivity contribution in [2.45, 2.75) is 32.4 Å². The quantitative estimate of drug-likeness (QED) is 0.638. The van der Waals surface area contributed by atoms with Crippen molar-refractivity contribution in [3.63, 3.8) is 0 Å². The molecule has 1 atom stereocenters. The Morgan fingerprint density at radius 1 is 0.871 bits per heavy atom. The zero-order valence-corrected chi connectivity index (χ0v) is 18.0. The van der Waals surface area contributed by atoms with E-state index < -0.39 is 5.66 Å². The highest BCUT2D eigenvalue weighted by molar-refractivity contribution is 6.02. The monoisotopic (exact) mass is 410 g/mol. The second kappa shape index (κ2) is 7.38. The molecule has 1 fully saturated rings. The van der Waals surface area contributed by atoms with Gasteiger partial charge in [-0.1, -0.05) is 77.9 Å². The Morgan fingerprint density at radius 2 is 1.52 bits per heavy atom. The maximum absolute atomic E-state index is 13.6. The molecule has 4 nitrogen and oxygen atoms in total. The third kappa shape index (κ3) is 2.97. The molecule has 1 unspecified atom stereocenters. The zero-order chi connectivity index (χ0) is 21.6. The SMILES string of the molecule is Cc1ccc(CCC(=O)N2CCN3C(=O)c4ccccc4C23c2ccc(C)cc2)cc1. The summed E-state index contributed by atoms with van der Waals surface area (Å²) >= 11 is 0. The van der Waals surface area contributed by atoms with Crippen molar-refractivity contribution in [3.05, 3.63) is 106 Å². The molecule has 0 bridgehead atoms. The lowest BCUT2D eigenvalue weighted by atomic mass is 9.89. The van der Waals surface area contributed by atoms with E-state index in [0.29, 0.717) is 31.5 Å². The number of aryl methyl sites for hydroxylation is 3. The smallest absolute Gasteiger partial charge is 0.256 e. The Balaban J connectivity index is 1.55. The Bertz CT molecular complexity index is 1150. The van der Waals surface area contributed by atoms with Crippen LogP contribution in [-0.2, 0) is 16.9 Å². The number of rotatable bonds is 4. The second-order valence-electron chi connectivity index (χ2n) is 8.57. The molecular weight excluding hydrogens is 384 g/mol. The molecule has 0 saturated carbocycles. The van der Waals surface area contributed by atoms with Crippen molar-refractivity contribution in [1.82, 2.24) is 9.80 Å². The van der Waals surface area contributed by atoms with Crippen LogP contribution in [0.3, 0.4) is 0 Å². The van der Waals surface area contributed by atoms with Crippen molar-refractivity contribution in [1.29, 1.82) is 0 Å². The highest BCUT2D eigenvalue weighted by Gasteiger charge is 2.59. The molecule has 156 valence electrons. The topological polar surface area (TPSA) is 40.6 Å². The number of carbonyl (C=O) groups excluding carboxylic acids is 2. The predicted molar refractivity (Wildman–Crippen MR) is 121 cm³/mol. The van der Waals surface area contributed by atoms with Gasteiger partial charge < -0.3 is 9.80 Å². The van der Waals surface area contributed by atoms with Crippen LogP contribution in [0.25, 0.3) is 0 Å². The first-order chi connectivity index (χ1) is 15.0. The van der Waals surface area contributed by atoms with Gasteiger partial charge in [0.1, 0.15) is 0 Å². The van der Waals surface area contributed by atoms with Crippen LogP contribution in [0.2, 0.25) is 0 Å². The van der Waals surface area contributed by atoms with Gasteiger partial charge in [-0.25, -0.2) is 0 Å². The summed E-state index contributed by atoms with van der Waals surface area (Å²) in [7, 11) is 0. The lowest BCUT2D eigenvalue weighted by Crippen LogP contribution is -2.51. The molecule has 0 radical (unpaired) electrons. The first kappa shape index (κ1) is 19.6. The summed E-state index contributed by atoms with van der Waals surface area (Å²) in [4.78, 5) is 30.7. The van der Waals surface area contributed by atoms with E-state index in [9.17, 15) is 9.59 Å². The number of hydrogen-bond donors (Lipinski definition) is 0. The van der Waals surface area contributed by atoms with Crippen LogP contribution < -0.4 is 0 Å². The van der Waals surface area contributed by atoms with Gasteiger partial charge in [0, 0.05) is 36.2 Å². The van der Waals surface area contributed by atoms with Crippen LogP contribution in [0.15, 0.2) is 72.8 Å². The fourth-order valence-corrected chi connectivity index (χ4v) is 5.03. The second-order valence-corrected chi connectivity index (χ2v) is 8.57. The van der Waals surface area contributed by atoms with E-state index >= 15 is 0 Å². The maximum atomic E-state index is 13.6. The number of hydrogen-bond acceptors (Lipinski definition) is 2. The Labute approximate surface area is 183 Å². The van der Waals surface area contributed by atoms with Crippen LogP contribution >= 0.6 is 0 Å². The standard InChI is InChI=1S/C27H26N2O2/c1-19-7-11-21(12-8-19)13-16-25(30)28-17-18-29-26(31)23-5-3-4-6-24(23)27(28,29)22-14-9-20(2)10-15-22/h3-12,14-15H,13,16-18H2,1-2H3. The van der Waals surface area contributed by atoms with Gasteiger partial charge in [-0.2, -0.15) is 0 Å². The van der Waals surface area contributed by atoms with Gasteiger partial charge >= 0.3 is 0 Å². The van der Waals surface area contributed by atoms with E-state index in [4.69, 9.17) is 0 Å². The van der Waals surface area contributed by atoms with Crippen molar-refractivity contribution in [3.8, 4) is 0 Å². The fourth-order valence-electron chi connectivity index (χ4n) is 5.03. The number of nitrogens with zero attached hydrogens (tertiary/aromatic N) is 2. The summed E-state index contributed by atoms with van der Waals surface area (Å²) in [6.07, 6.45) is 1.11. The third-order valence-electron chi connectivity index (χ3n) is 6.61. The summed E-state index contributed by atoms with van der Waals surface area (Å²) in [5.74, 6) is 0.0816. The molecule has 0 spiro atoms. The lowest BCUT2D eigenvalue weighted by Gasteiger charge is -2.40. The minimum atomic E-state index is -0.855. The molecule has 2 amide bonds. The molecule has 2 heterocycles. The third-order valence-corrected chi connectivity index (χ3v) is 6.61. The molecule has 3 aromatic rings. The molecule has 3 aromatic carbocycles. The Morgan fingerprint density at radius 3 is 2.23 bits per heavy atom. The first-order valence-corrected chi connectivity index (χ1v) is 10.9. The molecule has 4 heteroatoms. The average molecular weight is 411 g/mol. The largest absolute Gasteiger partial charge is 0.310 e. The molecule has 5 rings (SSSR count). The maximum Gasteiger partial charge on any atom is 0.256 e. The lowest BCUT2D eigenvalue weighted by molar-refractivity contribution is -0.136. The van der Waals surface area contributed by atoms with Gasteiger partial charge in [-0.15, -0.1) is 0 Å². The summed E-state index contributed by atoms with van der Waals surface area (Å²) in [5, 5.41) is 0. The molecule has 1 saturated heterocycles. The molecule has 0 aromatic heterocycles. The van der Waals surface area contributed by atoms with Gasteiger partial charge in [0.15, 0.2) is 5.66 Å². The Hall–Kier alpha value is -3.40. The van der Waals surface area contributed by atoms with E-state index in [1.807, 2.05) is 41.0 Å². The van der Waals surface area contributed by atoms with Crippen molar-refractivity contribution in [2.75, 3.05) is 13.1 Å². The van der Waals surface area contributed by atoms with E-state index in [1.165, 1.54) is 5.56 Å². The highest BCUT2D eigenvalue weighted by Crippen LogP contribution is 2.49. The minimum Gasteiger partial charge on any atom is -0.310 e. The first-order valence-electron chi connectivity index (χ1n) is 10.9. The number of benzene rings is 3. The van der Waals surface area contributed by atoms with Gasteiger partial charge in [0.2, 0.25) is 5.91 Å². The van der Waals surface area contributed by atoms with Crippen molar-refractivity contribution in [2.24, 2.45) is 0 Å². The van der Waals surface area contributed by atoms with Crippen LogP contribution in [0.1, 0.15) is 44.6 Å². The average Bonchev–Trinajstić information content (AvgIpc) is 3.29. The van der Waals surface area contributed by atoms with Gasteiger partial charge in [0.25, 0.3) is 5.91 Å². The predicted octanol–water partition coefficient (Wildman–Crippen LogP) is 4.44. The molecule has 31 heavy (non-hydrogen) atoms. The molecule has 2 aliphatic heterocycles. The van der Waals surface area contributed by atoms with E-state index in [2.05, 4.69) is 55.5 Å². The van der Waals surface area contributed by atoms with E-state index in [1.54, 1.807) is 0 Å². The van der Waals surface area contributed by atoms with Crippen LogP contribution in [0.4, 0.5) is 0 Å². The summed E-state index contributed by atoms with van der Waals surface area (Å²) < 4.78 is 0. The van der Waals surface area contributed by atoms with E-state index in [0.717, 1.165) is 22.3 Å². The fraction of sp³-hybridized carbons (Fsp3) is 0.259. The molecule has 0 aliphatic carbocycles. The summed E-state index contributed by atoms with van der Waals surface area (Å²) in [6.45, 7) is 5.19. The zero-order valence-electron chi connectivity index (χ0n) is 18.0. The van der Waals surface area contributed by atoms with Crippen LogP contribution in [-0.4, -0.2) is 34.7 Å². The normalized spacial score (nSPS) is 19.5. The minimum absolute atomic E-state index is 0.00464. The van der Waals surface area contributed by atoms with Gasteiger partial charge in [0.05, 0.1) is 0 Å². The van der Waals surface area contributed by atoms with E-state index in [-0.39, 0.29) is 11.8 Å². The highest BCUT2D eigenvalue weighted by atomic mass is 16.2. The number of carbonyl (C=O) groups is 2. The van der Waals surface area contributed by atoms with Crippen LogP contribution in [0, 0.1) is 13.8 Å². The van der Waals surface area contributed by atoms with Crippen molar-refractivity contribution < 1.29 is 9.59 Å². The molecule has 0 N–H and O–H groups in total. The van der Waals surface area contributed by atoms with Gasteiger partial charge in [-0.05, 0) is 31.9 Å². The summed E-state index contributed by atoms with van der Waals surface area (Å²) in [5.41, 5.74) is 5.24. The molecule has 2 aliphatic rings. The number of fused-ring (bicyclic) bond motifs is 3. The summed E-state index contributed by atoms with van der Waals surface area (Å²) in [6, 6.07) is 24.3. The molecular formula is C27H26N2O2. The van der Waals surface area contributed by atoms with Crippen molar-refractivity contribution >= 4 is 11.8 Å². The number of amides is 2. The van der Waals surface area contributed by atoms with Gasteiger partial charge in [-0.3, -0.25) is 9.59 Å².